The average Bonchev–Trinajstić information content (AvgIpc) is 3.26. The van der Waals surface area contributed by atoms with Gasteiger partial charge in [0, 0.05) is 0 Å². The molecule has 0 N–H and O–H groups in total. The van der Waals surface area contributed by atoms with Gasteiger partial charge in [0.05, 0.1) is 37.6 Å². The monoisotopic (exact) mass is 736 g/mol. The van der Waals surface area contributed by atoms with Crippen LogP contribution < -0.4 is 0 Å². The van der Waals surface area contributed by atoms with Crippen LogP contribution in [0.2, 0.25) is 0 Å². The maximum Gasteiger partial charge on any atom is 0.338 e. The van der Waals surface area contributed by atoms with Crippen LogP contribution in [0.3, 0.4) is 0 Å². The van der Waals surface area contributed by atoms with Gasteiger partial charge in [0.25, 0.3) is 0 Å². The Balaban J connectivity index is 1.40. The van der Waals surface area contributed by atoms with E-state index < -0.39 is 36.5 Å². The quantitative estimate of drug-likeness (QED) is 0.0567. The predicted octanol–water partition coefficient (Wildman–Crippen LogP) is 9.00. The standard InChI is InChI=1S/C47H44O8/c48-45(40-27-15-5-16-28-40)52-35-42(55-46(49)41-29-17-6-18-30-41)43(50-31-36-19-7-1-8-20-36)44(51-32-37-21-9-2-10-22-37)47(53-33-38-23-11-3-12-24-38)54-34-39-25-13-4-14-26-39/h1-30,42-44,47H,31-35H2/t42-,43-,44-/m1/s1. The smallest absolute Gasteiger partial charge is 0.338 e. The molecule has 8 nitrogen and oxygen atoms in total. The SMILES string of the molecule is O=C(OC[C@@H](OC(=O)c1ccccc1)[C@@H](OCc1ccccc1)[C@@H](OCc1ccccc1)C(OCc1ccccc1)OCc1ccccc1)c1ccccc1. The summed E-state index contributed by atoms with van der Waals surface area (Å²) < 4.78 is 38.8. The van der Waals surface area contributed by atoms with Crippen LogP contribution in [0.5, 0.6) is 0 Å². The van der Waals surface area contributed by atoms with Gasteiger partial charge in [-0.15, -0.1) is 0 Å². The van der Waals surface area contributed by atoms with Crippen molar-refractivity contribution in [3.8, 4) is 0 Å². The number of ether oxygens (including phenoxy) is 6. The molecule has 3 atom stereocenters. The van der Waals surface area contributed by atoms with E-state index in [1.165, 1.54) is 0 Å². The average molecular weight is 737 g/mol. The van der Waals surface area contributed by atoms with Crippen LogP contribution in [0.15, 0.2) is 182 Å². The molecule has 0 radical (unpaired) electrons. The number of esters is 2. The molecule has 0 bridgehead atoms. The maximum absolute atomic E-state index is 13.8. The molecule has 0 saturated carbocycles. The van der Waals surface area contributed by atoms with Crippen LogP contribution in [0.25, 0.3) is 0 Å². The fourth-order valence-corrected chi connectivity index (χ4v) is 5.81. The topological polar surface area (TPSA) is 89.5 Å². The number of carbonyl (C=O) groups is 2. The van der Waals surface area contributed by atoms with Gasteiger partial charge in [-0.05, 0) is 46.5 Å². The van der Waals surface area contributed by atoms with Crippen molar-refractivity contribution in [3.63, 3.8) is 0 Å². The summed E-state index contributed by atoms with van der Waals surface area (Å²) in [6.45, 7) is 0.302. The number of benzene rings is 6. The number of rotatable bonds is 20. The normalized spacial score (nSPS) is 12.7. The van der Waals surface area contributed by atoms with E-state index in [0.29, 0.717) is 11.1 Å². The molecule has 0 aliphatic carbocycles. The van der Waals surface area contributed by atoms with Crippen LogP contribution in [-0.2, 0) is 54.8 Å². The van der Waals surface area contributed by atoms with Gasteiger partial charge in [-0.2, -0.15) is 0 Å². The van der Waals surface area contributed by atoms with Gasteiger partial charge in [-0.3, -0.25) is 0 Å². The van der Waals surface area contributed by atoms with Crippen LogP contribution in [0.1, 0.15) is 43.0 Å². The fraction of sp³-hybridized carbons (Fsp3) is 0.191. The second kappa shape index (κ2) is 21.1. The summed E-state index contributed by atoms with van der Waals surface area (Å²) in [7, 11) is 0. The second-order valence-corrected chi connectivity index (χ2v) is 12.8. The molecule has 0 aliphatic heterocycles. The lowest BCUT2D eigenvalue weighted by atomic mass is 10.1. The van der Waals surface area contributed by atoms with Crippen LogP contribution in [0, 0.1) is 0 Å². The molecule has 0 saturated heterocycles. The minimum Gasteiger partial charge on any atom is -0.458 e. The third-order valence-electron chi connectivity index (χ3n) is 8.70. The lowest BCUT2D eigenvalue weighted by Crippen LogP contribution is -2.52. The minimum atomic E-state index is -1.17. The van der Waals surface area contributed by atoms with Crippen LogP contribution in [0.4, 0.5) is 0 Å². The highest BCUT2D eigenvalue weighted by Gasteiger charge is 2.41. The summed E-state index contributed by atoms with van der Waals surface area (Å²) in [4.78, 5) is 27.2. The predicted molar refractivity (Wildman–Crippen MR) is 209 cm³/mol. The van der Waals surface area contributed by atoms with Gasteiger partial charge in [0.2, 0.25) is 0 Å². The van der Waals surface area contributed by atoms with Gasteiger partial charge in [0.15, 0.2) is 12.4 Å². The lowest BCUT2D eigenvalue weighted by Gasteiger charge is -2.37. The molecule has 6 aromatic rings. The Morgan fingerprint density at radius 2 is 0.709 bits per heavy atom. The molecule has 0 spiro atoms. The Hall–Kier alpha value is -5.90. The van der Waals surface area contributed by atoms with Gasteiger partial charge < -0.3 is 28.4 Å². The Kier molecular flexibility index (Phi) is 14.9. The zero-order valence-electron chi connectivity index (χ0n) is 30.4. The van der Waals surface area contributed by atoms with Crippen molar-refractivity contribution >= 4 is 11.9 Å². The molecule has 55 heavy (non-hydrogen) atoms. The van der Waals surface area contributed by atoms with Gasteiger partial charge >= 0.3 is 11.9 Å². The van der Waals surface area contributed by atoms with Crippen LogP contribution >= 0.6 is 0 Å². The molecule has 0 unspecified atom stereocenters. The Labute approximate surface area is 322 Å². The molecular formula is C47H44O8. The molecule has 0 amide bonds. The van der Waals surface area contributed by atoms with E-state index in [1.54, 1.807) is 48.5 Å². The first kappa shape index (κ1) is 38.8. The summed E-state index contributed by atoms with van der Waals surface area (Å²) in [6.07, 6.45) is -4.31. The third kappa shape index (κ3) is 12.3. The first-order valence-electron chi connectivity index (χ1n) is 18.2. The van der Waals surface area contributed by atoms with Crippen molar-refractivity contribution in [2.75, 3.05) is 6.61 Å². The van der Waals surface area contributed by atoms with E-state index >= 15 is 0 Å². The molecule has 6 rings (SSSR count). The molecule has 0 aliphatic rings. The van der Waals surface area contributed by atoms with E-state index in [9.17, 15) is 9.59 Å². The van der Waals surface area contributed by atoms with E-state index in [0.717, 1.165) is 22.3 Å². The van der Waals surface area contributed by atoms with Crippen molar-refractivity contribution in [3.05, 3.63) is 215 Å². The Morgan fingerprint density at radius 3 is 1.11 bits per heavy atom. The molecule has 0 aromatic heterocycles. The van der Waals surface area contributed by atoms with Crippen LogP contribution in [-0.4, -0.2) is 43.1 Å². The highest BCUT2D eigenvalue weighted by atomic mass is 16.7. The molecule has 6 aromatic carbocycles. The summed E-state index contributed by atoms with van der Waals surface area (Å²) >= 11 is 0. The molecule has 0 heterocycles. The zero-order chi connectivity index (χ0) is 37.9. The fourth-order valence-electron chi connectivity index (χ4n) is 5.81. The minimum absolute atomic E-state index is 0.118. The molecule has 8 heteroatoms. The first-order valence-corrected chi connectivity index (χ1v) is 18.2. The first-order chi connectivity index (χ1) is 27.1. The zero-order valence-corrected chi connectivity index (χ0v) is 30.4. The van der Waals surface area contributed by atoms with Crippen molar-refractivity contribution in [1.29, 1.82) is 0 Å². The highest BCUT2D eigenvalue weighted by Crippen LogP contribution is 2.25. The van der Waals surface area contributed by atoms with E-state index in [2.05, 4.69) is 0 Å². The summed E-state index contributed by atoms with van der Waals surface area (Å²) in [5.74, 6) is -1.20. The third-order valence-corrected chi connectivity index (χ3v) is 8.70. The van der Waals surface area contributed by atoms with Gasteiger partial charge in [-0.25, -0.2) is 9.59 Å². The van der Waals surface area contributed by atoms with E-state index in [1.807, 2.05) is 133 Å². The lowest BCUT2D eigenvalue weighted by molar-refractivity contribution is -0.260. The Morgan fingerprint density at radius 1 is 0.382 bits per heavy atom. The van der Waals surface area contributed by atoms with Gasteiger partial charge in [0.1, 0.15) is 18.8 Å². The van der Waals surface area contributed by atoms with E-state index in [4.69, 9.17) is 28.4 Å². The maximum atomic E-state index is 13.8. The van der Waals surface area contributed by atoms with Crippen molar-refractivity contribution < 1.29 is 38.0 Å². The van der Waals surface area contributed by atoms with Gasteiger partial charge in [-0.1, -0.05) is 158 Å². The highest BCUT2D eigenvalue weighted by molar-refractivity contribution is 5.90. The number of hydrogen-bond donors (Lipinski definition) is 0. The molecular weight excluding hydrogens is 693 g/mol. The summed E-state index contributed by atoms with van der Waals surface area (Å²) in [6, 6.07) is 56.1. The number of hydrogen-bond acceptors (Lipinski definition) is 8. The summed E-state index contributed by atoms with van der Waals surface area (Å²) in [5, 5.41) is 0. The molecule has 280 valence electrons. The largest absolute Gasteiger partial charge is 0.458 e. The van der Waals surface area contributed by atoms with Crippen molar-refractivity contribution in [2.45, 2.75) is 51.0 Å². The van der Waals surface area contributed by atoms with Crippen molar-refractivity contribution in [2.24, 2.45) is 0 Å². The molecule has 0 fully saturated rings. The number of carbonyl (C=O) groups excluding carboxylic acids is 2. The van der Waals surface area contributed by atoms with Crippen molar-refractivity contribution in [1.82, 2.24) is 0 Å². The Bertz CT molecular complexity index is 1940. The second-order valence-electron chi connectivity index (χ2n) is 12.8. The van der Waals surface area contributed by atoms with E-state index in [-0.39, 0.29) is 33.0 Å². The summed E-state index contributed by atoms with van der Waals surface area (Å²) in [5.41, 5.74) is 4.28.